The standard InChI is InChI=1S/C9H6N2O4/c12-6-3-4-10-9-7(13)2-1-5(8(6)9)11(14)15/h1-4,13H,(H,10,12). The summed E-state index contributed by atoms with van der Waals surface area (Å²) in [7, 11) is 0. The van der Waals surface area contributed by atoms with Crippen LogP contribution in [0.5, 0.6) is 5.75 Å². The van der Waals surface area contributed by atoms with Gasteiger partial charge < -0.3 is 10.1 Å². The highest BCUT2D eigenvalue weighted by Crippen LogP contribution is 2.27. The zero-order valence-electron chi connectivity index (χ0n) is 7.43. The number of hydrogen-bond acceptors (Lipinski definition) is 4. The lowest BCUT2D eigenvalue weighted by Gasteiger charge is -2.00. The number of fused-ring (bicyclic) bond motifs is 1. The first-order chi connectivity index (χ1) is 7.11. The van der Waals surface area contributed by atoms with Gasteiger partial charge in [0, 0.05) is 18.3 Å². The average molecular weight is 206 g/mol. The Morgan fingerprint density at radius 1 is 1.33 bits per heavy atom. The molecule has 6 heteroatoms. The third kappa shape index (κ3) is 1.32. The van der Waals surface area contributed by atoms with E-state index in [0.717, 1.165) is 6.07 Å². The van der Waals surface area contributed by atoms with Crippen LogP contribution in [-0.2, 0) is 0 Å². The second kappa shape index (κ2) is 3.09. The van der Waals surface area contributed by atoms with Gasteiger partial charge >= 0.3 is 0 Å². The number of nitro groups is 1. The second-order valence-corrected chi connectivity index (χ2v) is 2.95. The van der Waals surface area contributed by atoms with E-state index >= 15 is 0 Å². The molecule has 0 amide bonds. The second-order valence-electron chi connectivity index (χ2n) is 2.95. The number of phenolic OH excluding ortho intramolecular Hbond substituents is 1. The summed E-state index contributed by atoms with van der Waals surface area (Å²) in [4.78, 5) is 24.0. The Balaban J connectivity index is 3.03. The summed E-state index contributed by atoms with van der Waals surface area (Å²) in [5.41, 5.74) is -0.729. The van der Waals surface area contributed by atoms with Crippen LogP contribution < -0.4 is 5.43 Å². The monoisotopic (exact) mass is 206 g/mol. The van der Waals surface area contributed by atoms with Gasteiger partial charge in [0.25, 0.3) is 5.69 Å². The number of phenols is 1. The summed E-state index contributed by atoms with van der Waals surface area (Å²) in [6.45, 7) is 0. The topological polar surface area (TPSA) is 96.2 Å². The van der Waals surface area contributed by atoms with Gasteiger partial charge in [0.1, 0.15) is 11.1 Å². The molecule has 0 atom stereocenters. The third-order valence-electron chi connectivity index (χ3n) is 2.07. The molecule has 1 aromatic carbocycles. The lowest BCUT2D eigenvalue weighted by atomic mass is 10.1. The van der Waals surface area contributed by atoms with Gasteiger partial charge in [-0.1, -0.05) is 0 Å². The van der Waals surface area contributed by atoms with Crippen molar-refractivity contribution >= 4 is 16.6 Å². The molecule has 2 N–H and O–H groups in total. The van der Waals surface area contributed by atoms with Crippen LogP contribution in [0.4, 0.5) is 5.69 Å². The van der Waals surface area contributed by atoms with E-state index in [-0.39, 0.29) is 22.3 Å². The van der Waals surface area contributed by atoms with Crippen molar-refractivity contribution in [3.8, 4) is 5.75 Å². The van der Waals surface area contributed by atoms with E-state index in [1.165, 1.54) is 18.3 Å². The number of benzene rings is 1. The Labute approximate surface area is 82.9 Å². The molecule has 0 saturated heterocycles. The van der Waals surface area contributed by atoms with E-state index in [0.29, 0.717) is 0 Å². The third-order valence-corrected chi connectivity index (χ3v) is 2.07. The summed E-state index contributed by atoms with van der Waals surface area (Å²) < 4.78 is 0. The molecule has 2 aromatic rings. The fourth-order valence-corrected chi connectivity index (χ4v) is 1.41. The van der Waals surface area contributed by atoms with Crippen LogP contribution in [0.3, 0.4) is 0 Å². The molecular formula is C9H6N2O4. The molecule has 15 heavy (non-hydrogen) atoms. The van der Waals surface area contributed by atoms with Gasteiger partial charge in [-0.05, 0) is 6.07 Å². The SMILES string of the molecule is O=c1cc[nH]c2c(O)ccc([N+](=O)[O-])c12. The molecule has 0 unspecified atom stereocenters. The van der Waals surface area contributed by atoms with Gasteiger partial charge in [0.2, 0.25) is 0 Å². The summed E-state index contributed by atoms with van der Waals surface area (Å²) in [5.74, 6) is -0.187. The van der Waals surface area contributed by atoms with Crippen molar-refractivity contribution in [2.75, 3.05) is 0 Å². The Hall–Kier alpha value is -2.37. The minimum atomic E-state index is -0.656. The fourth-order valence-electron chi connectivity index (χ4n) is 1.41. The van der Waals surface area contributed by atoms with E-state index in [9.17, 15) is 20.0 Å². The molecule has 0 aliphatic carbocycles. The summed E-state index contributed by atoms with van der Waals surface area (Å²) >= 11 is 0. The number of H-pyrrole nitrogens is 1. The minimum Gasteiger partial charge on any atom is -0.506 e. The number of nitrogens with zero attached hydrogens (tertiary/aromatic N) is 1. The van der Waals surface area contributed by atoms with Crippen molar-refractivity contribution in [3.05, 3.63) is 44.7 Å². The molecule has 1 heterocycles. The highest BCUT2D eigenvalue weighted by atomic mass is 16.6. The highest BCUT2D eigenvalue weighted by Gasteiger charge is 2.16. The van der Waals surface area contributed by atoms with Crippen molar-refractivity contribution in [2.24, 2.45) is 0 Å². The molecule has 76 valence electrons. The number of rotatable bonds is 1. The van der Waals surface area contributed by atoms with Crippen molar-refractivity contribution in [3.63, 3.8) is 0 Å². The number of nitro benzene ring substituents is 1. The van der Waals surface area contributed by atoms with Gasteiger partial charge in [0.15, 0.2) is 5.43 Å². The maximum absolute atomic E-state index is 11.4. The first-order valence-corrected chi connectivity index (χ1v) is 4.09. The van der Waals surface area contributed by atoms with Crippen LogP contribution in [0.15, 0.2) is 29.2 Å². The first kappa shape index (κ1) is 9.20. The van der Waals surface area contributed by atoms with Crippen molar-refractivity contribution in [1.82, 2.24) is 4.98 Å². The van der Waals surface area contributed by atoms with Gasteiger partial charge in [-0.25, -0.2) is 0 Å². The van der Waals surface area contributed by atoms with Crippen molar-refractivity contribution in [2.45, 2.75) is 0 Å². The Kier molecular flexibility index (Phi) is 1.89. The predicted octanol–water partition coefficient (Wildman–Crippen LogP) is 1.14. The molecule has 0 spiro atoms. The van der Waals surface area contributed by atoms with Crippen molar-refractivity contribution < 1.29 is 10.0 Å². The van der Waals surface area contributed by atoms with Crippen LogP contribution in [-0.4, -0.2) is 15.0 Å². The normalized spacial score (nSPS) is 10.4. The van der Waals surface area contributed by atoms with Crippen LogP contribution in [0.25, 0.3) is 10.9 Å². The highest BCUT2D eigenvalue weighted by molar-refractivity contribution is 5.91. The largest absolute Gasteiger partial charge is 0.506 e. The molecule has 0 fully saturated rings. The number of pyridine rings is 1. The number of aromatic nitrogens is 1. The van der Waals surface area contributed by atoms with Crippen LogP contribution >= 0.6 is 0 Å². The maximum Gasteiger partial charge on any atom is 0.282 e. The molecule has 0 saturated carbocycles. The molecule has 0 aliphatic rings. The number of nitrogens with one attached hydrogen (secondary N) is 1. The van der Waals surface area contributed by atoms with Gasteiger partial charge in [-0.15, -0.1) is 0 Å². The smallest absolute Gasteiger partial charge is 0.282 e. The number of aromatic amines is 1. The lowest BCUT2D eigenvalue weighted by Crippen LogP contribution is -2.03. The molecule has 2 rings (SSSR count). The Bertz CT molecular complexity index is 603. The van der Waals surface area contributed by atoms with E-state index < -0.39 is 10.4 Å². The van der Waals surface area contributed by atoms with E-state index in [4.69, 9.17) is 0 Å². The predicted molar refractivity (Wildman–Crippen MR) is 52.9 cm³/mol. The van der Waals surface area contributed by atoms with Crippen LogP contribution in [0.1, 0.15) is 0 Å². The molecule has 0 aliphatic heterocycles. The number of non-ortho nitro benzene ring substituents is 1. The minimum absolute atomic E-state index is 0.0803. The van der Waals surface area contributed by atoms with Crippen molar-refractivity contribution in [1.29, 1.82) is 0 Å². The summed E-state index contributed by atoms with van der Waals surface area (Å²) in [5, 5.41) is 19.9. The Morgan fingerprint density at radius 3 is 2.73 bits per heavy atom. The molecule has 0 bridgehead atoms. The quantitative estimate of drug-likeness (QED) is 0.540. The molecule has 1 aromatic heterocycles. The van der Waals surface area contributed by atoms with Crippen LogP contribution in [0.2, 0.25) is 0 Å². The van der Waals surface area contributed by atoms with Gasteiger partial charge in [0.05, 0.1) is 10.4 Å². The number of aromatic hydroxyl groups is 1. The van der Waals surface area contributed by atoms with E-state index in [1.54, 1.807) is 0 Å². The molecule has 0 radical (unpaired) electrons. The lowest BCUT2D eigenvalue weighted by molar-refractivity contribution is -0.383. The Morgan fingerprint density at radius 2 is 2.07 bits per heavy atom. The molecule has 6 nitrogen and oxygen atoms in total. The van der Waals surface area contributed by atoms with Crippen LogP contribution in [0, 0.1) is 10.1 Å². The fraction of sp³-hybridized carbons (Fsp3) is 0. The maximum atomic E-state index is 11.4. The van der Waals surface area contributed by atoms with Gasteiger partial charge in [-0.3, -0.25) is 14.9 Å². The molecular weight excluding hydrogens is 200 g/mol. The van der Waals surface area contributed by atoms with E-state index in [2.05, 4.69) is 4.98 Å². The number of hydrogen-bond donors (Lipinski definition) is 2. The zero-order valence-corrected chi connectivity index (χ0v) is 7.43. The van der Waals surface area contributed by atoms with Gasteiger partial charge in [-0.2, -0.15) is 0 Å². The first-order valence-electron chi connectivity index (χ1n) is 4.09. The summed E-state index contributed by atoms with van der Waals surface area (Å²) in [6.07, 6.45) is 1.33. The zero-order chi connectivity index (χ0) is 11.0. The summed E-state index contributed by atoms with van der Waals surface area (Å²) in [6, 6.07) is 3.46. The average Bonchev–Trinajstić information content (AvgIpc) is 2.19. The van der Waals surface area contributed by atoms with E-state index in [1.807, 2.05) is 0 Å².